The van der Waals surface area contributed by atoms with E-state index < -0.39 is 5.54 Å². The fourth-order valence-corrected chi connectivity index (χ4v) is 1.20. The summed E-state index contributed by atoms with van der Waals surface area (Å²) in [6.45, 7) is 9.43. The van der Waals surface area contributed by atoms with Crippen LogP contribution in [-0.4, -0.2) is 29.8 Å². The predicted molar refractivity (Wildman–Crippen MR) is 60.7 cm³/mol. The molecule has 0 atom stereocenters. The summed E-state index contributed by atoms with van der Waals surface area (Å²) in [5, 5.41) is 5.71. The van der Waals surface area contributed by atoms with Gasteiger partial charge in [-0.1, -0.05) is 20.8 Å². The van der Waals surface area contributed by atoms with E-state index in [9.17, 15) is 9.59 Å². The van der Waals surface area contributed by atoms with Crippen LogP contribution >= 0.6 is 0 Å². The predicted octanol–water partition coefficient (Wildman–Crippen LogP) is 0.858. The summed E-state index contributed by atoms with van der Waals surface area (Å²) in [5.74, 6) is -0.101. The van der Waals surface area contributed by atoms with E-state index in [-0.39, 0.29) is 24.3 Å². The van der Waals surface area contributed by atoms with E-state index in [1.165, 1.54) is 0 Å². The lowest BCUT2D eigenvalue weighted by molar-refractivity contribution is -0.130. The molecule has 2 N–H and O–H groups in total. The van der Waals surface area contributed by atoms with Gasteiger partial charge in [-0.25, -0.2) is 0 Å². The zero-order chi connectivity index (χ0) is 12.1. The van der Waals surface area contributed by atoms with Gasteiger partial charge in [-0.05, 0) is 13.8 Å². The van der Waals surface area contributed by atoms with Gasteiger partial charge in [0, 0.05) is 12.5 Å². The summed E-state index contributed by atoms with van der Waals surface area (Å²) in [4.78, 5) is 22.9. The summed E-state index contributed by atoms with van der Waals surface area (Å²) >= 11 is 0. The Morgan fingerprint density at radius 3 is 2.20 bits per heavy atom. The lowest BCUT2D eigenvalue weighted by Crippen LogP contribution is -2.52. The Morgan fingerprint density at radius 1 is 1.27 bits per heavy atom. The lowest BCUT2D eigenvalue weighted by atomic mass is 9.97. The zero-order valence-corrected chi connectivity index (χ0v) is 10.3. The molecular formula is C11H22N2O2. The highest BCUT2D eigenvalue weighted by Gasteiger charge is 2.27. The van der Waals surface area contributed by atoms with Crippen LogP contribution in [0.1, 0.15) is 41.0 Å². The number of ketones is 1. The highest BCUT2D eigenvalue weighted by Crippen LogP contribution is 2.05. The van der Waals surface area contributed by atoms with E-state index in [2.05, 4.69) is 10.6 Å². The number of nitrogens with one attached hydrogen (secondary N) is 2. The van der Waals surface area contributed by atoms with Crippen molar-refractivity contribution in [1.82, 2.24) is 10.6 Å². The smallest absolute Gasteiger partial charge is 0.234 e. The first kappa shape index (κ1) is 14.1. The molecule has 0 aliphatic rings. The van der Waals surface area contributed by atoms with Crippen LogP contribution in [0, 0.1) is 0 Å². The Labute approximate surface area is 91.8 Å². The van der Waals surface area contributed by atoms with Gasteiger partial charge in [-0.3, -0.25) is 9.59 Å². The standard InChI is InChI=1S/C11H22N2O2/c1-6-9(14)11(4,5)13-10(15)7-12-8(2)3/h8,12H,6-7H2,1-5H3,(H,13,15). The molecule has 0 aromatic heterocycles. The fourth-order valence-electron chi connectivity index (χ4n) is 1.20. The van der Waals surface area contributed by atoms with Crippen molar-refractivity contribution < 1.29 is 9.59 Å². The molecule has 88 valence electrons. The van der Waals surface area contributed by atoms with E-state index in [1.54, 1.807) is 20.8 Å². The van der Waals surface area contributed by atoms with Gasteiger partial charge in [0.1, 0.15) is 0 Å². The van der Waals surface area contributed by atoms with Crippen molar-refractivity contribution in [3.05, 3.63) is 0 Å². The van der Waals surface area contributed by atoms with E-state index in [1.807, 2.05) is 13.8 Å². The molecule has 0 bridgehead atoms. The minimum atomic E-state index is -0.759. The topological polar surface area (TPSA) is 58.2 Å². The highest BCUT2D eigenvalue weighted by atomic mass is 16.2. The SMILES string of the molecule is CCC(=O)C(C)(C)NC(=O)CNC(C)C. The molecule has 0 saturated carbocycles. The molecule has 1 amide bonds. The van der Waals surface area contributed by atoms with Crippen molar-refractivity contribution in [1.29, 1.82) is 0 Å². The summed E-state index contributed by atoms with van der Waals surface area (Å²) in [7, 11) is 0. The van der Waals surface area contributed by atoms with Crippen molar-refractivity contribution in [2.45, 2.75) is 52.6 Å². The molecule has 0 radical (unpaired) electrons. The van der Waals surface area contributed by atoms with E-state index in [4.69, 9.17) is 0 Å². The first-order valence-electron chi connectivity index (χ1n) is 5.37. The molecule has 0 fully saturated rings. The molecule has 0 aromatic carbocycles. The van der Waals surface area contributed by atoms with Crippen LogP contribution in [0.2, 0.25) is 0 Å². The quantitative estimate of drug-likeness (QED) is 0.689. The number of rotatable bonds is 6. The number of hydrogen-bond acceptors (Lipinski definition) is 3. The van der Waals surface area contributed by atoms with E-state index >= 15 is 0 Å². The summed E-state index contributed by atoms with van der Waals surface area (Å²) in [6, 6.07) is 0.265. The molecule has 0 spiro atoms. The number of Topliss-reactive ketones (excluding diaryl/α,β-unsaturated/α-hetero) is 1. The van der Waals surface area contributed by atoms with Gasteiger partial charge < -0.3 is 10.6 Å². The third-order valence-corrected chi connectivity index (χ3v) is 2.14. The molecule has 0 aliphatic heterocycles. The average Bonchev–Trinajstić information content (AvgIpc) is 2.12. The molecule has 0 rings (SSSR count). The Morgan fingerprint density at radius 2 is 1.80 bits per heavy atom. The van der Waals surface area contributed by atoms with Gasteiger partial charge in [-0.15, -0.1) is 0 Å². The fraction of sp³-hybridized carbons (Fsp3) is 0.818. The van der Waals surface area contributed by atoms with Crippen molar-refractivity contribution in [2.24, 2.45) is 0 Å². The summed E-state index contributed by atoms with van der Waals surface area (Å²) in [5.41, 5.74) is -0.759. The van der Waals surface area contributed by atoms with Crippen molar-refractivity contribution >= 4 is 11.7 Å². The Bertz CT molecular complexity index is 235. The van der Waals surface area contributed by atoms with Gasteiger partial charge in [0.05, 0.1) is 12.1 Å². The normalized spacial score (nSPS) is 11.6. The number of carbonyl (C=O) groups is 2. The Balaban J connectivity index is 4.10. The molecule has 4 nitrogen and oxygen atoms in total. The Kier molecular flexibility index (Phi) is 5.50. The van der Waals surface area contributed by atoms with Gasteiger partial charge in [-0.2, -0.15) is 0 Å². The van der Waals surface area contributed by atoms with Crippen LogP contribution < -0.4 is 10.6 Å². The van der Waals surface area contributed by atoms with Gasteiger partial charge in [0.2, 0.25) is 5.91 Å². The maximum absolute atomic E-state index is 11.5. The van der Waals surface area contributed by atoms with Crippen LogP contribution in [0.3, 0.4) is 0 Å². The molecule has 0 unspecified atom stereocenters. The van der Waals surface area contributed by atoms with Crippen molar-refractivity contribution in [2.75, 3.05) is 6.54 Å². The monoisotopic (exact) mass is 214 g/mol. The first-order chi connectivity index (χ1) is 6.79. The summed E-state index contributed by atoms with van der Waals surface area (Å²) < 4.78 is 0. The molecule has 15 heavy (non-hydrogen) atoms. The van der Waals surface area contributed by atoms with Gasteiger partial charge >= 0.3 is 0 Å². The molecule has 0 aliphatic carbocycles. The highest BCUT2D eigenvalue weighted by molar-refractivity contribution is 5.92. The Hall–Kier alpha value is -0.900. The van der Waals surface area contributed by atoms with Gasteiger partial charge in [0.25, 0.3) is 0 Å². The van der Waals surface area contributed by atoms with Crippen LogP contribution in [-0.2, 0) is 9.59 Å². The summed E-state index contributed by atoms with van der Waals surface area (Å²) in [6.07, 6.45) is 0.435. The number of amides is 1. The van der Waals surface area contributed by atoms with Crippen LogP contribution in [0.15, 0.2) is 0 Å². The maximum atomic E-state index is 11.5. The number of hydrogen-bond donors (Lipinski definition) is 2. The lowest BCUT2D eigenvalue weighted by Gasteiger charge is -2.24. The third kappa shape index (κ3) is 5.52. The van der Waals surface area contributed by atoms with Crippen LogP contribution in [0.25, 0.3) is 0 Å². The second kappa shape index (κ2) is 5.85. The van der Waals surface area contributed by atoms with Crippen LogP contribution in [0.4, 0.5) is 0 Å². The molecule has 4 heteroatoms. The number of carbonyl (C=O) groups excluding carboxylic acids is 2. The first-order valence-corrected chi connectivity index (χ1v) is 5.37. The molecule has 0 saturated heterocycles. The second-order valence-corrected chi connectivity index (χ2v) is 4.49. The van der Waals surface area contributed by atoms with Crippen molar-refractivity contribution in [3.63, 3.8) is 0 Å². The van der Waals surface area contributed by atoms with Crippen LogP contribution in [0.5, 0.6) is 0 Å². The van der Waals surface area contributed by atoms with Crippen molar-refractivity contribution in [3.8, 4) is 0 Å². The molecule has 0 heterocycles. The molecule has 0 aromatic rings. The average molecular weight is 214 g/mol. The maximum Gasteiger partial charge on any atom is 0.234 e. The largest absolute Gasteiger partial charge is 0.343 e. The molecular weight excluding hydrogens is 192 g/mol. The second-order valence-electron chi connectivity index (χ2n) is 4.49. The van der Waals surface area contributed by atoms with E-state index in [0.29, 0.717) is 6.42 Å². The van der Waals surface area contributed by atoms with Gasteiger partial charge in [0.15, 0.2) is 5.78 Å². The minimum Gasteiger partial charge on any atom is -0.343 e. The minimum absolute atomic E-state index is 0.0420. The zero-order valence-electron chi connectivity index (χ0n) is 10.3. The third-order valence-electron chi connectivity index (χ3n) is 2.14. The van der Waals surface area contributed by atoms with E-state index in [0.717, 1.165) is 0 Å².